The summed E-state index contributed by atoms with van der Waals surface area (Å²) < 4.78 is 0. The number of nitrogens with zero attached hydrogens (tertiary/aromatic N) is 2. The first-order chi connectivity index (χ1) is 20.3. The standard InChI is InChI=1S/C39H32N2/c1-29-25-27-33(28-26-29)41(32-19-9-4-10-20-32)39-36-23-13-11-21-34(36)38(35-22-12-14-24-37(35)39)40(30-15-5-2-6-16-30)31-17-7-3-8-18-31/h2-25,27H,26,28H2,1H3. The minimum atomic E-state index is 1.00. The number of hydrogen-bond acceptors (Lipinski definition) is 2. The molecule has 0 spiro atoms. The lowest BCUT2D eigenvalue weighted by molar-refractivity contribution is 0.877. The molecule has 0 fully saturated rings. The number of hydrogen-bond donors (Lipinski definition) is 0. The van der Waals surface area contributed by atoms with Crippen molar-refractivity contribution in [1.82, 2.24) is 0 Å². The van der Waals surface area contributed by atoms with Gasteiger partial charge < -0.3 is 9.80 Å². The van der Waals surface area contributed by atoms with E-state index in [0.717, 1.165) is 24.2 Å². The normalized spacial score (nSPS) is 13.1. The topological polar surface area (TPSA) is 6.48 Å². The van der Waals surface area contributed by atoms with Gasteiger partial charge in [-0.05, 0) is 62.2 Å². The van der Waals surface area contributed by atoms with Crippen molar-refractivity contribution in [3.05, 3.63) is 163 Å². The van der Waals surface area contributed by atoms with Crippen LogP contribution in [0.4, 0.5) is 28.4 Å². The second kappa shape index (κ2) is 10.8. The third-order valence-corrected chi connectivity index (χ3v) is 7.99. The lowest BCUT2D eigenvalue weighted by atomic mass is 9.94. The molecule has 2 heteroatoms. The monoisotopic (exact) mass is 528 g/mol. The summed E-state index contributed by atoms with van der Waals surface area (Å²) in [6, 6.07) is 50.0. The van der Waals surface area contributed by atoms with Gasteiger partial charge in [0.2, 0.25) is 0 Å². The van der Waals surface area contributed by atoms with E-state index in [1.165, 1.54) is 49.9 Å². The molecule has 0 N–H and O–H groups in total. The lowest BCUT2D eigenvalue weighted by Crippen LogP contribution is -2.19. The van der Waals surface area contributed by atoms with Gasteiger partial charge in [-0.3, -0.25) is 0 Å². The van der Waals surface area contributed by atoms with Crippen molar-refractivity contribution in [1.29, 1.82) is 0 Å². The van der Waals surface area contributed by atoms with Crippen LogP contribution in [0, 0.1) is 0 Å². The van der Waals surface area contributed by atoms with Crippen molar-refractivity contribution in [3.63, 3.8) is 0 Å². The quantitative estimate of drug-likeness (QED) is 0.157. The van der Waals surface area contributed by atoms with Crippen molar-refractivity contribution in [2.75, 3.05) is 9.80 Å². The number of allylic oxidation sites excluding steroid dienone is 4. The summed E-state index contributed by atoms with van der Waals surface area (Å²) in [5.41, 5.74) is 8.61. The maximum Gasteiger partial charge on any atom is 0.0619 e. The molecule has 0 saturated carbocycles. The highest BCUT2D eigenvalue weighted by Crippen LogP contribution is 2.50. The molecule has 41 heavy (non-hydrogen) atoms. The molecule has 0 unspecified atom stereocenters. The van der Waals surface area contributed by atoms with Crippen molar-refractivity contribution in [3.8, 4) is 0 Å². The van der Waals surface area contributed by atoms with Crippen LogP contribution in [0.1, 0.15) is 19.8 Å². The van der Waals surface area contributed by atoms with Gasteiger partial charge in [0.15, 0.2) is 0 Å². The molecule has 0 aromatic heterocycles. The summed E-state index contributed by atoms with van der Waals surface area (Å²) in [7, 11) is 0. The summed E-state index contributed by atoms with van der Waals surface area (Å²) in [6.45, 7) is 2.22. The van der Waals surface area contributed by atoms with Crippen LogP contribution >= 0.6 is 0 Å². The molecule has 0 amide bonds. The Hall–Kier alpha value is -5.08. The number of para-hydroxylation sites is 3. The third-order valence-electron chi connectivity index (χ3n) is 7.99. The molecule has 7 rings (SSSR count). The van der Waals surface area contributed by atoms with Gasteiger partial charge in [-0.1, -0.05) is 115 Å². The Labute approximate surface area is 242 Å². The van der Waals surface area contributed by atoms with E-state index >= 15 is 0 Å². The highest BCUT2D eigenvalue weighted by atomic mass is 15.2. The summed E-state index contributed by atoms with van der Waals surface area (Å²) in [5, 5.41) is 4.90. The van der Waals surface area contributed by atoms with Gasteiger partial charge in [0.1, 0.15) is 0 Å². The summed E-state index contributed by atoms with van der Waals surface area (Å²) in [4.78, 5) is 4.90. The van der Waals surface area contributed by atoms with Crippen molar-refractivity contribution < 1.29 is 0 Å². The Morgan fingerprint density at radius 1 is 0.390 bits per heavy atom. The SMILES string of the molecule is CC1=CC=C(N(c2ccccc2)c2c3ccccc3c(N(c3ccccc3)c3ccccc3)c3ccccc23)CC1. The second-order valence-corrected chi connectivity index (χ2v) is 10.6. The van der Waals surface area contributed by atoms with E-state index in [1.807, 2.05) is 0 Å². The summed E-state index contributed by atoms with van der Waals surface area (Å²) >= 11 is 0. The van der Waals surface area contributed by atoms with Gasteiger partial charge in [-0.25, -0.2) is 0 Å². The van der Waals surface area contributed by atoms with Gasteiger partial charge in [0.05, 0.1) is 11.4 Å². The number of rotatable bonds is 6. The van der Waals surface area contributed by atoms with Crippen LogP contribution in [0.15, 0.2) is 163 Å². The highest BCUT2D eigenvalue weighted by Gasteiger charge is 2.26. The molecule has 0 heterocycles. The van der Waals surface area contributed by atoms with Crippen LogP contribution in [0.2, 0.25) is 0 Å². The Morgan fingerprint density at radius 2 is 0.756 bits per heavy atom. The minimum absolute atomic E-state index is 1.00. The highest BCUT2D eigenvalue weighted by molar-refractivity contribution is 6.22. The van der Waals surface area contributed by atoms with Gasteiger partial charge in [0.25, 0.3) is 0 Å². The Kier molecular flexibility index (Phi) is 6.58. The molecule has 0 radical (unpaired) electrons. The van der Waals surface area contributed by atoms with Crippen molar-refractivity contribution in [2.24, 2.45) is 0 Å². The molecular weight excluding hydrogens is 496 g/mol. The molecule has 0 aliphatic heterocycles. The molecule has 0 saturated heterocycles. The van der Waals surface area contributed by atoms with E-state index in [1.54, 1.807) is 0 Å². The van der Waals surface area contributed by atoms with Crippen LogP contribution in [-0.4, -0.2) is 0 Å². The number of fused-ring (bicyclic) bond motifs is 2. The minimum Gasteiger partial charge on any atom is -0.313 e. The molecule has 2 nitrogen and oxygen atoms in total. The van der Waals surface area contributed by atoms with E-state index in [2.05, 4.69) is 168 Å². The molecule has 198 valence electrons. The summed E-state index contributed by atoms with van der Waals surface area (Å²) in [6.07, 6.45) is 6.66. The Bertz CT molecular complexity index is 1790. The molecule has 6 aromatic rings. The zero-order chi connectivity index (χ0) is 27.6. The van der Waals surface area contributed by atoms with Crippen molar-refractivity contribution >= 4 is 50.0 Å². The average Bonchev–Trinajstić information content (AvgIpc) is 3.04. The fourth-order valence-electron chi connectivity index (χ4n) is 6.06. The van der Waals surface area contributed by atoms with Crippen LogP contribution in [-0.2, 0) is 0 Å². The van der Waals surface area contributed by atoms with E-state index in [0.29, 0.717) is 0 Å². The Morgan fingerprint density at radius 3 is 1.15 bits per heavy atom. The molecule has 1 aliphatic rings. The zero-order valence-electron chi connectivity index (χ0n) is 23.2. The fourth-order valence-corrected chi connectivity index (χ4v) is 6.06. The van der Waals surface area contributed by atoms with Crippen LogP contribution in [0.3, 0.4) is 0 Å². The van der Waals surface area contributed by atoms with Gasteiger partial charge in [-0.2, -0.15) is 0 Å². The number of anilines is 5. The Balaban J connectivity index is 1.60. The van der Waals surface area contributed by atoms with Gasteiger partial charge in [0, 0.05) is 44.3 Å². The molecule has 0 bridgehead atoms. The first kappa shape index (κ1) is 24.9. The first-order valence-electron chi connectivity index (χ1n) is 14.3. The third kappa shape index (κ3) is 4.58. The van der Waals surface area contributed by atoms with Crippen molar-refractivity contribution in [2.45, 2.75) is 19.8 Å². The van der Waals surface area contributed by atoms with Crippen LogP contribution in [0.5, 0.6) is 0 Å². The number of benzene rings is 6. The van der Waals surface area contributed by atoms with E-state index < -0.39 is 0 Å². The van der Waals surface area contributed by atoms with Gasteiger partial charge in [-0.15, -0.1) is 0 Å². The fraction of sp³-hybridized carbons (Fsp3) is 0.0769. The molecule has 1 aliphatic carbocycles. The smallest absolute Gasteiger partial charge is 0.0619 e. The van der Waals surface area contributed by atoms with Crippen LogP contribution in [0.25, 0.3) is 21.5 Å². The molecular formula is C39H32N2. The zero-order valence-corrected chi connectivity index (χ0v) is 23.2. The lowest BCUT2D eigenvalue weighted by Gasteiger charge is -2.34. The summed E-state index contributed by atoms with van der Waals surface area (Å²) in [5.74, 6) is 0. The molecule has 6 aromatic carbocycles. The van der Waals surface area contributed by atoms with Gasteiger partial charge >= 0.3 is 0 Å². The second-order valence-electron chi connectivity index (χ2n) is 10.6. The maximum absolute atomic E-state index is 2.49. The largest absolute Gasteiger partial charge is 0.313 e. The van der Waals surface area contributed by atoms with E-state index in [9.17, 15) is 0 Å². The first-order valence-corrected chi connectivity index (χ1v) is 14.3. The predicted octanol–water partition coefficient (Wildman–Crippen LogP) is 11.2. The predicted molar refractivity (Wildman–Crippen MR) is 176 cm³/mol. The average molecular weight is 529 g/mol. The maximum atomic E-state index is 2.49. The van der Waals surface area contributed by atoms with E-state index in [4.69, 9.17) is 0 Å². The van der Waals surface area contributed by atoms with E-state index in [-0.39, 0.29) is 0 Å². The molecule has 0 atom stereocenters. The van der Waals surface area contributed by atoms with Crippen LogP contribution < -0.4 is 9.80 Å².